The number of hydrogen-bond acceptors (Lipinski definition) is 17. The minimum absolute atomic E-state index is 0.0176. The number of methoxy groups -OCH3 is 1. The summed E-state index contributed by atoms with van der Waals surface area (Å²) in [6.07, 6.45) is -6.34. The van der Waals surface area contributed by atoms with Gasteiger partial charge in [0.1, 0.15) is 48.5 Å². The molecule has 2 saturated heterocycles. The molecule has 0 saturated carbocycles. The number of anilines is 2. The first-order valence-corrected chi connectivity index (χ1v) is 14.6. The van der Waals surface area contributed by atoms with E-state index in [1.165, 1.54) is 35.2 Å². The van der Waals surface area contributed by atoms with Crippen LogP contribution in [0.5, 0.6) is 0 Å². The average Bonchev–Trinajstić information content (AvgIpc) is 3.76. The molecule has 0 spiro atoms. The van der Waals surface area contributed by atoms with Crippen LogP contribution in [0.25, 0.3) is 22.3 Å². The maximum atomic E-state index is 13.1. The molecule has 0 bridgehead atoms. The van der Waals surface area contributed by atoms with Gasteiger partial charge < -0.3 is 45.5 Å². The van der Waals surface area contributed by atoms with Gasteiger partial charge in [-0.2, -0.15) is 4.98 Å². The van der Waals surface area contributed by atoms with E-state index < -0.39 is 75.7 Å². The van der Waals surface area contributed by atoms with Crippen molar-refractivity contribution in [2.45, 2.75) is 49.1 Å². The zero-order chi connectivity index (χ0) is 31.3. The molecule has 2 aliphatic rings. The average molecular weight is 641 g/mol. The monoisotopic (exact) mass is 640 g/mol. The Balaban J connectivity index is 1.16. The van der Waals surface area contributed by atoms with Gasteiger partial charge in [-0.15, -0.1) is 0 Å². The molecule has 2 aliphatic heterocycles. The molecule has 3 unspecified atom stereocenters. The highest BCUT2D eigenvalue weighted by atomic mass is 31.2. The number of H-pyrrole nitrogens is 1. The summed E-state index contributed by atoms with van der Waals surface area (Å²) in [5.41, 5.74) is 5.69. The van der Waals surface area contributed by atoms with E-state index in [1.807, 2.05) is 0 Å². The number of nitrogens with one attached hydrogen (secondary N) is 2. The molecule has 0 radical (unpaired) electrons. The van der Waals surface area contributed by atoms with Gasteiger partial charge in [0.15, 0.2) is 35.1 Å². The van der Waals surface area contributed by atoms with Crippen LogP contribution in [0.4, 0.5) is 11.8 Å². The molecule has 4 aromatic rings. The van der Waals surface area contributed by atoms with E-state index in [9.17, 15) is 29.6 Å². The lowest BCUT2D eigenvalue weighted by atomic mass is 10.1. The van der Waals surface area contributed by atoms with E-state index in [0.717, 1.165) is 0 Å². The third-order valence-corrected chi connectivity index (χ3v) is 8.31. The topological polar surface area (TPSA) is 289 Å². The van der Waals surface area contributed by atoms with E-state index in [1.54, 1.807) is 7.05 Å². The van der Waals surface area contributed by atoms with Crippen LogP contribution in [0.2, 0.25) is 0 Å². The Hall–Kier alpha value is -3.63. The van der Waals surface area contributed by atoms with Crippen molar-refractivity contribution in [1.29, 1.82) is 0 Å². The van der Waals surface area contributed by atoms with Gasteiger partial charge in [-0.1, -0.05) is 0 Å². The molecule has 0 amide bonds. The van der Waals surface area contributed by atoms with Crippen molar-refractivity contribution in [3.05, 3.63) is 29.3 Å². The van der Waals surface area contributed by atoms with Crippen molar-refractivity contribution in [3.63, 3.8) is 0 Å². The molecule has 6 heterocycles. The van der Waals surface area contributed by atoms with Crippen molar-refractivity contribution < 1.29 is 48.0 Å². The maximum Gasteiger partial charge on any atom is 0.472 e. The Morgan fingerprint density at radius 2 is 1.75 bits per heavy atom. The van der Waals surface area contributed by atoms with Gasteiger partial charge in [0.25, 0.3) is 5.56 Å². The number of ether oxygens (including phenoxy) is 3. The van der Waals surface area contributed by atoms with E-state index in [4.69, 9.17) is 29.0 Å². The largest absolute Gasteiger partial charge is 0.472 e. The van der Waals surface area contributed by atoms with E-state index in [2.05, 4.69) is 35.2 Å². The highest BCUT2D eigenvalue weighted by Gasteiger charge is 2.51. The molecule has 0 aromatic carbocycles. The van der Waals surface area contributed by atoms with Crippen LogP contribution in [-0.4, -0.2) is 123 Å². The number of fused-ring (bicyclic) bond motifs is 2. The number of aromatic nitrogens is 8. The fraction of sp³-hybridized carbons (Fsp3) is 0.545. The minimum atomic E-state index is -4.94. The van der Waals surface area contributed by atoms with E-state index >= 15 is 0 Å². The number of nitrogens with two attached hydrogens (primary N) is 1. The number of phosphoric ester groups is 1. The van der Waals surface area contributed by atoms with Crippen LogP contribution in [0.15, 0.2) is 23.8 Å². The molecule has 4 aromatic heterocycles. The smallest absolute Gasteiger partial charge is 0.394 e. The Morgan fingerprint density at radius 1 is 1.05 bits per heavy atom. The number of aliphatic hydroxyl groups excluding tert-OH is 3. The Kier molecular flexibility index (Phi) is 8.09. The summed E-state index contributed by atoms with van der Waals surface area (Å²) >= 11 is 0. The molecule has 44 heavy (non-hydrogen) atoms. The molecular formula is C22H29N10O11P. The molecule has 8 N–H and O–H groups in total. The Morgan fingerprint density at radius 3 is 2.45 bits per heavy atom. The van der Waals surface area contributed by atoms with Gasteiger partial charge in [0, 0.05) is 14.2 Å². The third-order valence-electron chi connectivity index (χ3n) is 7.33. The first-order valence-electron chi connectivity index (χ1n) is 13.1. The van der Waals surface area contributed by atoms with Gasteiger partial charge in [-0.25, -0.2) is 24.5 Å². The highest BCUT2D eigenvalue weighted by Crippen LogP contribution is 2.50. The summed E-state index contributed by atoms with van der Waals surface area (Å²) in [4.78, 5) is 45.6. The van der Waals surface area contributed by atoms with Crippen LogP contribution in [-0.2, 0) is 27.8 Å². The lowest BCUT2D eigenvalue weighted by molar-refractivity contribution is -0.0586. The number of aromatic amines is 1. The number of aliphatic hydroxyl groups is 3. The predicted molar refractivity (Wildman–Crippen MR) is 146 cm³/mol. The summed E-state index contributed by atoms with van der Waals surface area (Å²) in [6.45, 7) is -1.32. The standard InChI is InChI=1S/C22H29N10O11P/c1-24-16-10-17(26-5-25-16)31(6-27-10)21-15(39-2)14(8(3-33)41-21)43-44(37,38)40-4-9-12(34)13(35)20(42-9)32-7-28-11-18(32)29-22(23)30-19(11)36/h5-9,12-15,20-21,33-35H,3-4H2,1-2H3,(H,37,38)(H,24,25,26)(H3,23,29,30,36)/t8-,9-,12?,13?,14+,15+,20-,21-/m1/s1. The molecule has 21 nitrogen and oxygen atoms in total. The predicted octanol–water partition coefficient (Wildman–Crippen LogP) is -2.39. The highest BCUT2D eigenvalue weighted by molar-refractivity contribution is 7.47. The van der Waals surface area contributed by atoms with Gasteiger partial charge >= 0.3 is 7.82 Å². The summed E-state index contributed by atoms with van der Waals surface area (Å²) in [6, 6.07) is 0. The van der Waals surface area contributed by atoms with Crippen molar-refractivity contribution in [2.24, 2.45) is 0 Å². The summed E-state index contributed by atoms with van der Waals surface area (Å²) in [5, 5.41) is 34.2. The van der Waals surface area contributed by atoms with Crippen LogP contribution < -0.4 is 16.6 Å². The second-order valence-corrected chi connectivity index (χ2v) is 11.3. The second kappa shape index (κ2) is 11.7. The first-order chi connectivity index (χ1) is 21.1. The number of phosphoric acid groups is 1. The molecule has 238 valence electrons. The van der Waals surface area contributed by atoms with Crippen LogP contribution in [0.1, 0.15) is 12.5 Å². The van der Waals surface area contributed by atoms with Crippen molar-refractivity contribution >= 4 is 41.9 Å². The van der Waals surface area contributed by atoms with Crippen LogP contribution in [0, 0.1) is 0 Å². The van der Waals surface area contributed by atoms with Gasteiger partial charge in [-0.3, -0.25) is 28.0 Å². The molecule has 9 atom stereocenters. The van der Waals surface area contributed by atoms with Crippen molar-refractivity contribution in [2.75, 3.05) is 38.4 Å². The van der Waals surface area contributed by atoms with Crippen molar-refractivity contribution in [1.82, 2.24) is 39.0 Å². The fourth-order valence-corrected chi connectivity index (χ4v) is 6.22. The van der Waals surface area contributed by atoms with Gasteiger partial charge in [-0.05, 0) is 0 Å². The fourth-order valence-electron chi connectivity index (χ4n) is 5.26. The first kappa shape index (κ1) is 30.4. The SMILES string of the molecule is CNc1ncnc2c1ncn2[C@@H]1O[C@H](CO)[C@H](OP(=O)(O)OC[C@H]2O[C@@H](n3cnc4c(=O)[nH]c(N)nc43)C(O)C2O)[C@@H]1OC. The number of nitrogens with zero attached hydrogens (tertiary/aromatic N) is 7. The molecule has 2 fully saturated rings. The molecule has 0 aliphatic carbocycles. The summed E-state index contributed by atoms with van der Waals surface area (Å²) in [5.74, 6) is 0.251. The molecule has 22 heteroatoms. The number of nitrogen functional groups attached to an aromatic ring is 1. The van der Waals surface area contributed by atoms with Gasteiger partial charge in [0.05, 0.1) is 25.9 Å². The van der Waals surface area contributed by atoms with Crippen molar-refractivity contribution in [3.8, 4) is 0 Å². The Labute approximate surface area is 246 Å². The maximum absolute atomic E-state index is 13.1. The molecular weight excluding hydrogens is 611 g/mol. The van der Waals surface area contributed by atoms with Crippen LogP contribution >= 0.6 is 7.82 Å². The second-order valence-electron chi connectivity index (χ2n) is 9.90. The minimum Gasteiger partial charge on any atom is -0.394 e. The van der Waals surface area contributed by atoms with E-state index in [-0.39, 0.29) is 17.1 Å². The summed E-state index contributed by atoms with van der Waals surface area (Å²) < 4.78 is 43.5. The lowest BCUT2D eigenvalue weighted by Crippen LogP contribution is -2.37. The Bertz CT molecular complexity index is 1770. The van der Waals surface area contributed by atoms with E-state index in [0.29, 0.717) is 17.0 Å². The zero-order valence-corrected chi connectivity index (χ0v) is 24.0. The number of rotatable bonds is 10. The van der Waals surface area contributed by atoms with Gasteiger partial charge in [0.2, 0.25) is 5.95 Å². The lowest BCUT2D eigenvalue weighted by Gasteiger charge is -2.25. The number of imidazole rings is 2. The normalized spacial score (nSPS) is 30.3. The third kappa shape index (κ3) is 5.21. The number of hydrogen-bond donors (Lipinski definition) is 7. The van der Waals surface area contributed by atoms with Crippen LogP contribution in [0.3, 0.4) is 0 Å². The summed E-state index contributed by atoms with van der Waals surface area (Å²) in [7, 11) is -1.94. The quantitative estimate of drug-likeness (QED) is 0.0890. The molecule has 6 rings (SSSR count). The zero-order valence-electron chi connectivity index (χ0n) is 23.1.